The number of anilines is 2. The fourth-order valence-corrected chi connectivity index (χ4v) is 4.85. The van der Waals surface area contributed by atoms with Crippen LogP contribution in [0.4, 0.5) is 11.5 Å². The highest BCUT2D eigenvalue weighted by molar-refractivity contribution is 7.21. The number of carbonyl (C=O) groups excluding carboxylic acids is 1. The van der Waals surface area contributed by atoms with Gasteiger partial charge in [0.25, 0.3) is 5.91 Å². The number of thiazole rings is 1. The lowest BCUT2D eigenvalue weighted by Gasteiger charge is -2.12. The summed E-state index contributed by atoms with van der Waals surface area (Å²) in [7, 11) is 0. The minimum atomic E-state index is -0.350. The zero-order chi connectivity index (χ0) is 25.7. The van der Waals surface area contributed by atoms with Crippen LogP contribution < -0.4 is 10.6 Å². The van der Waals surface area contributed by atoms with Gasteiger partial charge in [-0.15, -0.1) is 12.4 Å². The molecule has 6 aromatic rings. The monoisotopic (exact) mass is 551 g/mol. The lowest BCUT2D eigenvalue weighted by Crippen LogP contribution is -2.16. The third kappa shape index (κ3) is 5.90. The fourth-order valence-electron chi connectivity index (χ4n) is 3.90. The van der Waals surface area contributed by atoms with Crippen molar-refractivity contribution in [2.24, 2.45) is 0 Å². The molecule has 4 aromatic heterocycles. The van der Waals surface area contributed by atoms with Crippen LogP contribution >= 0.6 is 23.7 Å². The van der Waals surface area contributed by atoms with Crippen LogP contribution in [0.25, 0.3) is 32.3 Å². The number of pyridine rings is 2. The Hall–Kier alpha value is -4.73. The van der Waals surface area contributed by atoms with Crippen LogP contribution in [0.2, 0.25) is 0 Å². The van der Waals surface area contributed by atoms with E-state index in [1.807, 2.05) is 84.9 Å². The van der Waals surface area contributed by atoms with Crippen molar-refractivity contribution in [2.75, 3.05) is 10.6 Å². The quantitative estimate of drug-likeness (QED) is 0.233. The molecule has 0 atom stereocenters. The summed E-state index contributed by atoms with van der Waals surface area (Å²) < 4.78 is 0. The zero-order valence-electron chi connectivity index (χ0n) is 20.5. The molecule has 0 bridgehead atoms. The number of aromatic nitrogens is 5. The minimum absolute atomic E-state index is 0. The molecule has 39 heavy (non-hydrogen) atoms. The summed E-state index contributed by atoms with van der Waals surface area (Å²) in [5.41, 5.74) is 4.18. The minimum Gasteiger partial charge on any atom is -0.364 e. The van der Waals surface area contributed by atoms with E-state index in [1.54, 1.807) is 18.5 Å². The third-order valence-corrected chi connectivity index (χ3v) is 6.75. The number of halogens is 1. The van der Waals surface area contributed by atoms with Gasteiger partial charge < -0.3 is 10.6 Å². The van der Waals surface area contributed by atoms with Crippen LogP contribution in [0.5, 0.6) is 0 Å². The van der Waals surface area contributed by atoms with Crippen LogP contribution in [0.3, 0.4) is 0 Å². The van der Waals surface area contributed by atoms with E-state index in [1.165, 1.54) is 11.3 Å². The molecule has 6 rings (SSSR count). The lowest BCUT2D eigenvalue weighted by molar-refractivity contribution is 0.102. The summed E-state index contributed by atoms with van der Waals surface area (Å²) in [4.78, 5) is 37.0. The van der Waals surface area contributed by atoms with Crippen LogP contribution in [0, 0.1) is 0 Å². The van der Waals surface area contributed by atoms with Gasteiger partial charge in [0, 0.05) is 29.6 Å². The van der Waals surface area contributed by atoms with Gasteiger partial charge in [0.15, 0.2) is 5.82 Å². The highest BCUT2D eigenvalue weighted by Gasteiger charge is 2.17. The molecule has 4 heterocycles. The van der Waals surface area contributed by atoms with E-state index in [-0.39, 0.29) is 24.0 Å². The Labute approximate surface area is 234 Å². The second-order valence-electron chi connectivity index (χ2n) is 8.35. The lowest BCUT2D eigenvalue weighted by atomic mass is 10.1. The maximum atomic E-state index is 13.5. The number of nitrogens with one attached hydrogen (secondary N) is 2. The summed E-state index contributed by atoms with van der Waals surface area (Å²) in [5, 5.41) is 7.08. The number of rotatable bonds is 7. The summed E-state index contributed by atoms with van der Waals surface area (Å²) >= 11 is 1.48. The molecular formula is C29H22ClN7OS. The summed E-state index contributed by atoms with van der Waals surface area (Å²) in [6, 6.07) is 28.3. The number of hydrogen-bond donors (Lipinski definition) is 2. The summed E-state index contributed by atoms with van der Waals surface area (Å²) in [6.45, 7) is 0.460. The molecule has 0 saturated heterocycles. The first-order chi connectivity index (χ1) is 18.7. The largest absolute Gasteiger partial charge is 0.364 e. The number of fused-ring (bicyclic) bond motifs is 1. The van der Waals surface area contributed by atoms with E-state index in [4.69, 9.17) is 4.98 Å². The molecule has 0 spiro atoms. The highest BCUT2D eigenvalue weighted by Crippen LogP contribution is 2.34. The maximum Gasteiger partial charge on any atom is 0.274 e. The number of benzene rings is 2. The molecule has 0 aliphatic carbocycles. The van der Waals surface area contributed by atoms with E-state index < -0.39 is 0 Å². The molecule has 0 aliphatic heterocycles. The molecular weight excluding hydrogens is 530 g/mol. The predicted octanol–water partition coefficient (Wildman–Crippen LogP) is 6.50. The maximum absolute atomic E-state index is 13.5. The Kier molecular flexibility index (Phi) is 7.81. The molecule has 0 fully saturated rings. The molecule has 0 radical (unpaired) electrons. The molecule has 192 valence electrons. The van der Waals surface area contributed by atoms with Gasteiger partial charge in [0.2, 0.25) is 0 Å². The average Bonchev–Trinajstić information content (AvgIpc) is 3.41. The first kappa shape index (κ1) is 25.9. The number of carbonyl (C=O) groups is 1. The first-order valence-electron chi connectivity index (χ1n) is 11.9. The Balaban J connectivity index is 0.00000308. The van der Waals surface area contributed by atoms with Crippen molar-refractivity contribution in [1.29, 1.82) is 0 Å². The SMILES string of the molecule is Cl.O=C(Nc1ccccc1-c1nc2cccnc2s1)c1cc(NCc2ccccn2)nc(-c2ccccc2)n1. The third-order valence-electron chi connectivity index (χ3n) is 5.74. The highest BCUT2D eigenvalue weighted by atomic mass is 35.5. The molecule has 2 aromatic carbocycles. The Bertz CT molecular complexity index is 1700. The molecule has 1 amide bonds. The van der Waals surface area contributed by atoms with E-state index in [2.05, 4.69) is 30.6 Å². The first-order valence-corrected chi connectivity index (χ1v) is 12.8. The topological polar surface area (TPSA) is 106 Å². The second kappa shape index (κ2) is 11.8. The van der Waals surface area contributed by atoms with Crippen molar-refractivity contribution >= 4 is 51.5 Å². The van der Waals surface area contributed by atoms with Gasteiger partial charge in [-0.1, -0.05) is 59.9 Å². The molecule has 8 nitrogen and oxygen atoms in total. The normalized spacial score (nSPS) is 10.6. The average molecular weight is 552 g/mol. The van der Waals surface area contributed by atoms with Gasteiger partial charge in [-0.25, -0.2) is 19.9 Å². The summed E-state index contributed by atoms with van der Waals surface area (Å²) in [6.07, 6.45) is 3.49. The molecule has 0 saturated carbocycles. The Morgan fingerprint density at radius 3 is 2.41 bits per heavy atom. The second-order valence-corrected chi connectivity index (χ2v) is 9.33. The van der Waals surface area contributed by atoms with Crippen molar-refractivity contribution in [3.8, 4) is 22.0 Å². The van der Waals surface area contributed by atoms with Crippen molar-refractivity contribution in [1.82, 2.24) is 24.9 Å². The predicted molar refractivity (Wildman–Crippen MR) is 157 cm³/mol. The van der Waals surface area contributed by atoms with E-state index in [9.17, 15) is 4.79 Å². The van der Waals surface area contributed by atoms with Gasteiger partial charge in [-0.2, -0.15) is 0 Å². The zero-order valence-corrected chi connectivity index (χ0v) is 22.1. The smallest absolute Gasteiger partial charge is 0.274 e. The molecule has 0 unspecified atom stereocenters. The van der Waals surface area contributed by atoms with Gasteiger partial charge in [-0.3, -0.25) is 9.78 Å². The van der Waals surface area contributed by atoms with Crippen LogP contribution in [0.15, 0.2) is 103 Å². The standard InChI is InChI=1S/C29H21N7OS.ClH/c37-27(34-22-13-5-4-12-21(22)28-35-23-14-8-16-31-29(23)38-28)24-17-25(32-18-20-11-6-7-15-30-20)36-26(33-24)19-9-2-1-3-10-19;/h1-17H,18H2,(H,34,37)(H,32,33,36);1H. The molecule has 2 N–H and O–H groups in total. The number of hydrogen-bond acceptors (Lipinski definition) is 8. The van der Waals surface area contributed by atoms with Crippen molar-refractivity contribution in [2.45, 2.75) is 6.54 Å². The number of amides is 1. The van der Waals surface area contributed by atoms with E-state index in [0.717, 1.165) is 32.2 Å². The Morgan fingerprint density at radius 1 is 0.795 bits per heavy atom. The van der Waals surface area contributed by atoms with Crippen LogP contribution in [0.1, 0.15) is 16.2 Å². The Morgan fingerprint density at radius 2 is 1.59 bits per heavy atom. The van der Waals surface area contributed by atoms with E-state index in [0.29, 0.717) is 23.9 Å². The van der Waals surface area contributed by atoms with Gasteiger partial charge in [-0.05, 0) is 36.4 Å². The van der Waals surface area contributed by atoms with Crippen molar-refractivity contribution in [3.63, 3.8) is 0 Å². The number of para-hydroxylation sites is 1. The molecule has 10 heteroatoms. The number of nitrogens with zero attached hydrogens (tertiary/aromatic N) is 5. The fraction of sp³-hybridized carbons (Fsp3) is 0.0345. The van der Waals surface area contributed by atoms with Gasteiger partial charge in [0.1, 0.15) is 26.9 Å². The summed E-state index contributed by atoms with van der Waals surface area (Å²) in [5.74, 6) is 0.629. The van der Waals surface area contributed by atoms with Crippen LogP contribution in [-0.4, -0.2) is 30.8 Å². The molecule has 0 aliphatic rings. The van der Waals surface area contributed by atoms with Crippen molar-refractivity contribution in [3.05, 3.63) is 115 Å². The van der Waals surface area contributed by atoms with E-state index >= 15 is 0 Å². The van der Waals surface area contributed by atoms with Gasteiger partial charge >= 0.3 is 0 Å². The van der Waals surface area contributed by atoms with Crippen LogP contribution in [-0.2, 0) is 6.54 Å². The van der Waals surface area contributed by atoms with Crippen molar-refractivity contribution < 1.29 is 4.79 Å². The van der Waals surface area contributed by atoms with Gasteiger partial charge in [0.05, 0.1) is 17.9 Å².